The van der Waals surface area contributed by atoms with Crippen molar-refractivity contribution in [3.05, 3.63) is 59.2 Å². The molecule has 4 nitrogen and oxygen atoms in total. The van der Waals surface area contributed by atoms with Crippen LogP contribution < -0.4 is 0 Å². The van der Waals surface area contributed by atoms with Gasteiger partial charge >= 0.3 is 5.97 Å². The Labute approximate surface area is 116 Å². The van der Waals surface area contributed by atoms with Crippen LogP contribution >= 0.6 is 0 Å². The van der Waals surface area contributed by atoms with E-state index in [0.717, 1.165) is 0 Å². The van der Waals surface area contributed by atoms with Crippen molar-refractivity contribution >= 4 is 5.97 Å². The molecule has 0 heterocycles. The van der Waals surface area contributed by atoms with Crippen molar-refractivity contribution in [2.75, 3.05) is 7.11 Å². The first-order valence-corrected chi connectivity index (χ1v) is 5.83. The van der Waals surface area contributed by atoms with Crippen LogP contribution in [-0.4, -0.2) is 13.1 Å². The molecule has 0 aliphatic rings. The summed E-state index contributed by atoms with van der Waals surface area (Å²) in [7, 11) is 1.29. The monoisotopic (exact) mass is 262 g/mol. The third-order valence-electron chi connectivity index (χ3n) is 2.89. The lowest BCUT2D eigenvalue weighted by atomic mass is 9.94. The van der Waals surface area contributed by atoms with Crippen LogP contribution in [0.5, 0.6) is 0 Å². The van der Waals surface area contributed by atoms with Gasteiger partial charge in [-0.1, -0.05) is 18.2 Å². The fourth-order valence-electron chi connectivity index (χ4n) is 1.94. The van der Waals surface area contributed by atoms with Gasteiger partial charge in [0.05, 0.1) is 35.9 Å². The number of methoxy groups -OCH3 is 1. The van der Waals surface area contributed by atoms with E-state index >= 15 is 0 Å². The minimum Gasteiger partial charge on any atom is -0.465 e. The predicted octanol–water partition coefficient (Wildman–Crippen LogP) is 2.88. The molecule has 0 spiro atoms. The fourth-order valence-corrected chi connectivity index (χ4v) is 1.94. The van der Waals surface area contributed by atoms with Gasteiger partial charge in [0.1, 0.15) is 0 Å². The first kappa shape index (κ1) is 13.3. The molecule has 0 atom stereocenters. The highest BCUT2D eigenvalue weighted by atomic mass is 16.5. The van der Waals surface area contributed by atoms with Crippen LogP contribution in [0.15, 0.2) is 42.5 Å². The largest absolute Gasteiger partial charge is 0.465 e. The molecule has 0 radical (unpaired) electrons. The Balaban J connectivity index is 2.74. The fraction of sp³-hybridized carbons (Fsp3) is 0.0625. The van der Waals surface area contributed by atoms with Crippen molar-refractivity contribution in [1.29, 1.82) is 10.5 Å². The van der Waals surface area contributed by atoms with Crippen LogP contribution in [0.25, 0.3) is 11.1 Å². The Hall–Kier alpha value is -3.11. The molecule has 20 heavy (non-hydrogen) atoms. The Morgan fingerprint density at radius 2 is 1.80 bits per heavy atom. The lowest BCUT2D eigenvalue weighted by Gasteiger charge is -2.10. The first-order valence-electron chi connectivity index (χ1n) is 5.83. The van der Waals surface area contributed by atoms with Gasteiger partial charge < -0.3 is 4.74 Å². The highest BCUT2D eigenvalue weighted by Gasteiger charge is 2.16. The standard InChI is InChI=1S/C16H10N2O2/c1-20-16(19)14-7-6-11(9-17)8-15(14)13-5-3-2-4-12(13)10-18/h2-8H,1H3. The van der Waals surface area contributed by atoms with Crippen LogP contribution in [-0.2, 0) is 4.74 Å². The van der Waals surface area contributed by atoms with E-state index < -0.39 is 5.97 Å². The summed E-state index contributed by atoms with van der Waals surface area (Å²) in [6, 6.07) is 15.7. The highest BCUT2D eigenvalue weighted by Crippen LogP contribution is 2.28. The van der Waals surface area contributed by atoms with Gasteiger partial charge in [0.2, 0.25) is 0 Å². The summed E-state index contributed by atoms with van der Waals surface area (Å²) in [5, 5.41) is 18.2. The molecule has 0 saturated heterocycles. The van der Waals surface area contributed by atoms with Gasteiger partial charge in [-0.2, -0.15) is 10.5 Å². The van der Waals surface area contributed by atoms with E-state index in [1.807, 2.05) is 6.07 Å². The number of nitriles is 2. The summed E-state index contributed by atoms with van der Waals surface area (Å²) in [4.78, 5) is 11.8. The molecule has 2 aromatic carbocycles. The molecule has 0 aliphatic heterocycles. The zero-order valence-corrected chi connectivity index (χ0v) is 10.8. The van der Waals surface area contributed by atoms with Gasteiger partial charge in [-0.05, 0) is 29.8 Å². The van der Waals surface area contributed by atoms with Crippen LogP contribution in [0.3, 0.4) is 0 Å². The second kappa shape index (κ2) is 5.69. The quantitative estimate of drug-likeness (QED) is 0.780. The van der Waals surface area contributed by atoms with Crippen LogP contribution in [0.4, 0.5) is 0 Å². The molecule has 0 aromatic heterocycles. The lowest BCUT2D eigenvalue weighted by molar-refractivity contribution is 0.0601. The van der Waals surface area contributed by atoms with Crippen molar-refractivity contribution in [2.45, 2.75) is 0 Å². The molecular formula is C16H10N2O2. The van der Waals surface area contributed by atoms with E-state index in [1.54, 1.807) is 36.4 Å². The number of carbonyl (C=O) groups excluding carboxylic acids is 1. The lowest BCUT2D eigenvalue weighted by Crippen LogP contribution is -2.04. The van der Waals surface area contributed by atoms with Crippen molar-refractivity contribution < 1.29 is 9.53 Å². The number of carbonyl (C=O) groups is 1. The Bertz CT molecular complexity index is 752. The van der Waals surface area contributed by atoms with Gasteiger partial charge in [-0.25, -0.2) is 4.79 Å². The molecule has 96 valence electrons. The average Bonchev–Trinajstić information content (AvgIpc) is 2.53. The van der Waals surface area contributed by atoms with E-state index in [0.29, 0.717) is 27.8 Å². The van der Waals surface area contributed by atoms with Crippen LogP contribution in [0.1, 0.15) is 21.5 Å². The molecule has 2 rings (SSSR count). The van der Waals surface area contributed by atoms with Gasteiger partial charge in [0.25, 0.3) is 0 Å². The minimum absolute atomic E-state index is 0.328. The van der Waals surface area contributed by atoms with E-state index in [2.05, 4.69) is 6.07 Å². The summed E-state index contributed by atoms with van der Waals surface area (Å²) >= 11 is 0. The van der Waals surface area contributed by atoms with E-state index in [9.17, 15) is 4.79 Å². The van der Waals surface area contributed by atoms with E-state index in [-0.39, 0.29) is 0 Å². The SMILES string of the molecule is COC(=O)c1ccc(C#N)cc1-c1ccccc1C#N. The second-order valence-corrected chi connectivity index (χ2v) is 4.02. The number of nitrogens with zero attached hydrogens (tertiary/aromatic N) is 2. The van der Waals surface area contributed by atoms with Gasteiger partial charge in [0, 0.05) is 5.56 Å². The zero-order chi connectivity index (χ0) is 14.5. The van der Waals surface area contributed by atoms with Crippen molar-refractivity contribution in [3.63, 3.8) is 0 Å². The molecule has 0 amide bonds. The van der Waals surface area contributed by atoms with Crippen LogP contribution in [0.2, 0.25) is 0 Å². The van der Waals surface area contributed by atoms with Gasteiger partial charge in [0.15, 0.2) is 0 Å². The zero-order valence-electron chi connectivity index (χ0n) is 10.8. The Kier molecular flexibility index (Phi) is 3.79. The van der Waals surface area contributed by atoms with E-state index in [4.69, 9.17) is 15.3 Å². The summed E-state index contributed by atoms with van der Waals surface area (Å²) in [5.41, 5.74) is 2.31. The smallest absolute Gasteiger partial charge is 0.338 e. The van der Waals surface area contributed by atoms with Crippen molar-refractivity contribution in [1.82, 2.24) is 0 Å². The molecular weight excluding hydrogens is 252 g/mol. The average molecular weight is 262 g/mol. The molecule has 0 unspecified atom stereocenters. The molecule has 0 fully saturated rings. The molecule has 2 aromatic rings. The summed E-state index contributed by atoms with van der Waals surface area (Å²) < 4.78 is 4.74. The third-order valence-corrected chi connectivity index (χ3v) is 2.89. The van der Waals surface area contributed by atoms with Crippen molar-refractivity contribution in [2.24, 2.45) is 0 Å². The molecule has 4 heteroatoms. The van der Waals surface area contributed by atoms with Crippen LogP contribution in [0, 0.1) is 22.7 Å². The highest BCUT2D eigenvalue weighted by molar-refractivity contribution is 5.98. The number of ether oxygens (including phenoxy) is 1. The number of esters is 1. The maximum absolute atomic E-state index is 11.8. The summed E-state index contributed by atoms with van der Waals surface area (Å²) in [5.74, 6) is -0.503. The van der Waals surface area contributed by atoms with Crippen molar-refractivity contribution in [3.8, 4) is 23.3 Å². The number of rotatable bonds is 2. The van der Waals surface area contributed by atoms with Gasteiger partial charge in [-0.15, -0.1) is 0 Å². The summed E-state index contributed by atoms with van der Waals surface area (Å²) in [6.45, 7) is 0. The number of benzene rings is 2. The van der Waals surface area contributed by atoms with Gasteiger partial charge in [-0.3, -0.25) is 0 Å². The summed E-state index contributed by atoms with van der Waals surface area (Å²) in [6.07, 6.45) is 0. The molecule has 0 saturated carbocycles. The normalized spacial score (nSPS) is 9.35. The van der Waals surface area contributed by atoms with E-state index in [1.165, 1.54) is 13.2 Å². The third kappa shape index (κ3) is 2.36. The Morgan fingerprint density at radius 3 is 2.45 bits per heavy atom. The second-order valence-electron chi connectivity index (χ2n) is 4.02. The maximum Gasteiger partial charge on any atom is 0.338 e. The Morgan fingerprint density at radius 1 is 1.05 bits per heavy atom. The number of hydrogen-bond donors (Lipinski definition) is 0. The molecule has 0 bridgehead atoms. The molecule has 0 N–H and O–H groups in total. The minimum atomic E-state index is -0.503. The predicted molar refractivity (Wildman–Crippen MR) is 72.6 cm³/mol. The number of hydrogen-bond acceptors (Lipinski definition) is 4. The first-order chi connectivity index (χ1) is 9.71. The molecule has 0 aliphatic carbocycles. The maximum atomic E-state index is 11.8. The topological polar surface area (TPSA) is 73.9 Å².